The zero-order chi connectivity index (χ0) is 14.7. The Kier molecular flexibility index (Phi) is 5.34. The molecule has 0 amide bonds. The molecule has 2 N–H and O–H groups in total. The maximum atomic E-state index is 6.46. The fourth-order valence-corrected chi connectivity index (χ4v) is 3.40. The van der Waals surface area contributed by atoms with Gasteiger partial charge in [-0.3, -0.25) is 0 Å². The van der Waals surface area contributed by atoms with Crippen molar-refractivity contribution in [1.29, 1.82) is 0 Å². The van der Waals surface area contributed by atoms with Crippen molar-refractivity contribution in [3.05, 3.63) is 28.8 Å². The summed E-state index contributed by atoms with van der Waals surface area (Å²) in [5, 5.41) is 0.836. The van der Waals surface area contributed by atoms with Crippen LogP contribution in [0.1, 0.15) is 51.6 Å². The van der Waals surface area contributed by atoms with E-state index in [0.29, 0.717) is 0 Å². The summed E-state index contributed by atoms with van der Waals surface area (Å²) in [5.74, 6) is 1.63. The van der Waals surface area contributed by atoms with Crippen molar-refractivity contribution in [2.45, 2.75) is 46.1 Å². The van der Waals surface area contributed by atoms with Crippen molar-refractivity contribution in [2.24, 2.45) is 17.6 Å². The van der Waals surface area contributed by atoms with Gasteiger partial charge in [0.15, 0.2) is 0 Å². The van der Waals surface area contributed by atoms with Crippen LogP contribution in [-0.4, -0.2) is 13.1 Å². The Balaban J connectivity index is 2.12. The van der Waals surface area contributed by atoms with E-state index in [9.17, 15) is 0 Å². The maximum absolute atomic E-state index is 6.46. The normalized spacial score (nSPS) is 21.9. The van der Waals surface area contributed by atoms with Crippen LogP contribution in [0.5, 0.6) is 0 Å². The van der Waals surface area contributed by atoms with Crippen molar-refractivity contribution in [1.82, 2.24) is 0 Å². The molecule has 20 heavy (non-hydrogen) atoms. The molecule has 0 saturated carbocycles. The summed E-state index contributed by atoms with van der Waals surface area (Å²) in [7, 11) is 0. The predicted molar refractivity (Wildman–Crippen MR) is 88.4 cm³/mol. The van der Waals surface area contributed by atoms with Gasteiger partial charge < -0.3 is 10.6 Å². The lowest BCUT2D eigenvalue weighted by molar-refractivity contribution is 0.351. The molecule has 0 aliphatic carbocycles. The van der Waals surface area contributed by atoms with Crippen LogP contribution in [0.2, 0.25) is 5.02 Å². The monoisotopic (exact) mass is 294 g/mol. The number of anilines is 1. The van der Waals surface area contributed by atoms with Crippen LogP contribution >= 0.6 is 11.6 Å². The van der Waals surface area contributed by atoms with E-state index in [1.807, 2.05) is 13.0 Å². The van der Waals surface area contributed by atoms with Gasteiger partial charge in [-0.15, -0.1) is 0 Å². The van der Waals surface area contributed by atoms with E-state index >= 15 is 0 Å². The fraction of sp³-hybridized carbons (Fsp3) is 0.647. The maximum Gasteiger partial charge on any atom is 0.0642 e. The molecule has 2 atom stereocenters. The standard InChI is InChI=1S/C17H27ClN2/c1-12(2)14-5-4-9-20(10-8-14)17-7-6-15(13(3)19)11-16(17)18/h6-7,11-14H,4-5,8-10,19H2,1-3H3/t13-,14?/m1/s1. The molecule has 1 heterocycles. The van der Waals surface area contributed by atoms with Crippen molar-refractivity contribution in [2.75, 3.05) is 18.0 Å². The number of halogens is 1. The van der Waals surface area contributed by atoms with Crippen molar-refractivity contribution in [3.8, 4) is 0 Å². The summed E-state index contributed by atoms with van der Waals surface area (Å²) in [6, 6.07) is 6.30. The lowest BCUT2D eigenvalue weighted by atomic mass is 9.89. The molecule has 3 heteroatoms. The number of rotatable bonds is 3. The Bertz CT molecular complexity index is 443. The summed E-state index contributed by atoms with van der Waals surface area (Å²) in [6.45, 7) is 8.89. The number of nitrogens with two attached hydrogens (primary N) is 1. The molecule has 0 aromatic heterocycles. The van der Waals surface area contributed by atoms with Crippen LogP contribution in [0, 0.1) is 11.8 Å². The highest BCUT2D eigenvalue weighted by atomic mass is 35.5. The molecule has 0 radical (unpaired) electrons. The average Bonchev–Trinajstić information content (AvgIpc) is 2.64. The minimum atomic E-state index is 0.0380. The van der Waals surface area contributed by atoms with Crippen molar-refractivity contribution < 1.29 is 0 Å². The smallest absolute Gasteiger partial charge is 0.0642 e. The summed E-state index contributed by atoms with van der Waals surface area (Å²) in [4.78, 5) is 2.44. The van der Waals surface area contributed by atoms with E-state index in [2.05, 4.69) is 30.9 Å². The molecular weight excluding hydrogens is 268 g/mol. The first kappa shape index (κ1) is 15.7. The summed E-state index contributed by atoms with van der Waals surface area (Å²) < 4.78 is 0. The third-order valence-corrected chi connectivity index (χ3v) is 4.86. The van der Waals surface area contributed by atoms with Gasteiger partial charge in [0.05, 0.1) is 10.7 Å². The van der Waals surface area contributed by atoms with E-state index < -0.39 is 0 Å². The van der Waals surface area contributed by atoms with Gasteiger partial charge in [0.25, 0.3) is 0 Å². The van der Waals surface area contributed by atoms with Crippen LogP contribution in [0.25, 0.3) is 0 Å². The molecule has 1 aliphatic heterocycles. The van der Waals surface area contributed by atoms with E-state index in [-0.39, 0.29) is 6.04 Å². The second-order valence-corrected chi connectivity index (χ2v) is 6.83. The molecule has 1 unspecified atom stereocenters. The van der Waals surface area contributed by atoms with Gasteiger partial charge >= 0.3 is 0 Å². The minimum absolute atomic E-state index is 0.0380. The average molecular weight is 295 g/mol. The zero-order valence-electron chi connectivity index (χ0n) is 12.9. The number of benzene rings is 1. The number of hydrogen-bond donors (Lipinski definition) is 1. The Morgan fingerprint density at radius 1 is 1.20 bits per heavy atom. The minimum Gasteiger partial charge on any atom is -0.370 e. The molecule has 1 aromatic carbocycles. The van der Waals surface area contributed by atoms with Crippen molar-refractivity contribution in [3.63, 3.8) is 0 Å². The van der Waals surface area contributed by atoms with Gasteiger partial charge in [0.2, 0.25) is 0 Å². The highest BCUT2D eigenvalue weighted by Gasteiger charge is 2.21. The molecule has 0 spiro atoms. The van der Waals surface area contributed by atoms with E-state index in [1.165, 1.54) is 24.9 Å². The van der Waals surface area contributed by atoms with Crippen LogP contribution < -0.4 is 10.6 Å². The SMILES string of the molecule is CC(C)C1CCCN(c2ccc([C@@H](C)N)cc2Cl)CC1. The Morgan fingerprint density at radius 2 is 1.95 bits per heavy atom. The van der Waals surface area contributed by atoms with Crippen LogP contribution in [-0.2, 0) is 0 Å². The lowest BCUT2D eigenvalue weighted by Crippen LogP contribution is -2.25. The lowest BCUT2D eigenvalue weighted by Gasteiger charge is -2.25. The third kappa shape index (κ3) is 3.67. The molecular formula is C17H27ClN2. The van der Waals surface area contributed by atoms with E-state index in [1.54, 1.807) is 0 Å². The molecule has 1 aliphatic rings. The molecule has 1 saturated heterocycles. The first-order valence-corrected chi connectivity index (χ1v) is 8.16. The quantitative estimate of drug-likeness (QED) is 0.881. The highest BCUT2D eigenvalue weighted by molar-refractivity contribution is 6.33. The molecule has 112 valence electrons. The van der Waals surface area contributed by atoms with Crippen molar-refractivity contribution >= 4 is 17.3 Å². The summed E-state index contributed by atoms with van der Waals surface area (Å²) in [5.41, 5.74) is 8.19. The largest absolute Gasteiger partial charge is 0.370 e. The second kappa shape index (κ2) is 6.82. The molecule has 1 fully saturated rings. The zero-order valence-corrected chi connectivity index (χ0v) is 13.7. The number of hydrogen-bond acceptors (Lipinski definition) is 2. The highest BCUT2D eigenvalue weighted by Crippen LogP contribution is 2.32. The Hall–Kier alpha value is -0.730. The summed E-state index contributed by atoms with van der Waals surface area (Å²) in [6.07, 6.45) is 3.86. The van der Waals surface area contributed by atoms with Gasteiger partial charge in [0.1, 0.15) is 0 Å². The first-order valence-electron chi connectivity index (χ1n) is 7.79. The fourth-order valence-electron chi connectivity index (χ4n) is 3.09. The van der Waals surface area contributed by atoms with Gasteiger partial charge in [-0.05, 0) is 55.7 Å². The van der Waals surface area contributed by atoms with Gasteiger partial charge in [0, 0.05) is 19.1 Å². The third-order valence-electron chi connectivity index (χ3n) is 4.55. The Labute approximate surface area is 128 Å². The number of nitrogens with zero attached hydrogens (tertiary/aromatic N) is 1. The van der Waals surface area contributed by atoms with Crippen LogP contribution in [0.4, 0.5) is 5.69 Å². The van der Waals surface area contributed by atoms with Gasteiger partial charge in [-0.2, -0.15) is 0 Å². The molecule has 0 bridgehead atoms. The topological polar surface area (TPSA) is 29.3 Å². The van der Waals surface area contributed by atoms with Crippen LogP contribution in [0.15, 0.2) is 18.2 Å². The van der Waals surface area contributed by atoms with Gasteiger partial charge in [-0.25, -0.2) is 0 Å². The predicted octanol–water partition coefficient (Wildman–Crippen LogP) is 4.62. The molecule has 1 aromatic rings. The Morgan fingerprint density at radius 3 is 2.55 bits per heavy atom. The first-order chi connectivity index (χ1) is 9.49. The van der Waals surface area contributed by atoms with E-state index in [4.69, 9.17) is 17.3 Å². The van der Waals surface area contributed by atoms with Crippen LogP contribution in [0.3, 0.4) is 0 Å². The second-order valence-electron chi connectivity index (χ2n) is 6.42. The molecule has 2 nitrogen and oxygen atoms in total. The summed E-state index contributed by atoms with van der Waals surface area (Å²) >= 11 is 6.46. The van der Waals surface area contributed by atoms with E-state index in [0.717, 1.165) is 35.5 Å². The molecule has 2 rings (SSSR count). The van der Waals surface area contributed by atoms with Gasteiger partial charge in [-0.1, -0.05) is 31.5 Å².